The van der Waals surface area contributed by atoms with Crippen molar-refractivity contribution in [1.29, 1.82) is 5.26 Å². The van der Waals surface area contributed by atoms with Gasteiger partial charge in [0.15, 0.2) is 0 Å². The third kappa shape index (κ3) is 3.40. The second-order valence-corrected chi connectivity index (χ2v) is 5.90. The van der Waals surface area contributed by atoms with Crippen LogP contribution in [0.15, 0.2) is 28.9 Å². The molecular weight excluding hydrogens is 455 g/mol. The van der Waals surface area contributed by atoms with Crippen LogP contribution in [0, 0.1) is 25.0 Å². The van der Waals surface area contributed by atoms with Crippen LogP contribution in [0.4, 0.5) is 11.4 Å². The van der Waals surface area contributed by atoms with E-state index in [0.29, 0.717) is 8.04 Å². The topological polar surface area (TPSA) is 115 Å². The number of nitro groups is 1. The molecule has 0 spiro atoms. The Morgan fingerprint density at radius 1 is 1.48 bits per heavy atom. The van der Waals surface area contributed by atoms with Gasteiger partial charge in [-0.2, -0.15) is 5.26 Å². The molecule has 1 heterocycles. The minimum absolute atomic E-state index is 0.00104. The molecular formula is C12H6BrIN4O3. The van der Waals surface area contributed by atoms with Crippen LogP contribution in [0.1, 0.15) is 5.56 Å². The van der Waals surface area contributed by atoms with Gasteiger partial charge in [-0.05, 0) is 50.7 Å². The number of nitrogen functional groups attached to an aromatic ring is 1. The number of nitrogens with zero attached hydrogens (tertiary/aromatic N) is 3. The number of nitro benzene ring substituents is 1. The molecule has 0 atom stereocenters. The smallest absolute Gasteiger partial charge is 0.314 e. The van der Waals surface area contributed by atoms with E-state index in [1.54, 1.807) is 6.07 Å². The van der Waals surface area contributed by atoms with Gasteiger partial charge in [-0.25, -0.2) is 4.98 Å². The van der Waals surface area contributed by atoms with Crippen LogP contribution in [0.25, 0.3) is 0 Å². The van der Waals surface area contributed by atoms with E-state index < -0.39 is 4.92 Å². The molecule has 0 aliphatic carbocycles. The van der Waals surface area contributed by atoms with Crippen molar-refractivity contribution in [2.45, 2.75) is 0 Å². The van der Waals surface area contributed by atoms with Crippen LogP contribution in [0.3, 0.4) is 0 Å². The Hall–Kier alpha value is -1.93. The zero-order chi connectivity index (χ0) is 15.6. The fourth-order valence-corrected chi connectivity index (χ4v) is 2.58. The summed E-state index contributed by atoms with van der Waals surface area (Å²) >= 11 is 5.06. The average molecular weight is 461 g/mol. The molecule has 0 aliphatic rings. The van der Waals surface area contributed by atoms with Crippen LogP contribution in [-0.4, -0.2) is 9.91 Å². The van der Waals surface area contributed by atoms with Crippen LogP contribution in [-0.2, 0) is 0 Å². The van der Waals surface area contributed by atoms with Gasteiger partial charge in [0.2, 0.25) is 11.6 Å². The molecule has 9 heteroatoms. The molecule has 2 aromatic rings. The van der Waals surface area contributed by atoms with E-state index in [9.17, 15) is 10.1 Å². The number of aromatic nitrogens is 1. The van der Waals surface area contributed by atoms with Crippen molar-refractivity contribution in [3.8, 4) is 17.7 Å². The van der Waals surface area contributed by atoms with Crippen molar-refractivity contribution in [1.82, 2.24) is 4.98 Å². The molecule has 21 heavy (non-hydrogen) atoms. The van der Waals surface area contributed by atoms with E-state index in [1.807, 2.05) is 28.7 Å². The first kappa shape index (κ1) is 15.5. The number of hydrogen-bond donors (Lipinski definition) is 1. The number of nitriles is 1. The molecule has 0 amide bonds. The maximum atomic E-state index is 11.1. The summed E-state index contributed by atoms with van der Waals surface area (Å²) in [5, 5.41) is 20.0. The first-order valence-corrected chi connectivity index (χ1v) is 7.26. The Morgan fingerprint density at radius 3 is 2.76 bits per heavy atom. The zero-order valence-corrected chi connectivity index (χ0v) is 14.0. The summed E-state index contributed by atoms with van der Waals surface area (Å²) in [4.78, 5) is 14.5. The predicted molar refractivity (Wildman–Crippen MR) is 87.0 cm³/mol. The first-order valence-electron chi connectivity index (χ1n) is 5.39. The standard InChI is InChI=1S/C12H6BrIN4O3/c13-7-3-9(16)12(17-5-7)21-11-8(14)1-6(4-15)2-10(11)18(19)20/h1-3,5H,16H2. The second kappa shape index (κ2) is 6.23. The number of hydrogen-bond acceptors (Lipinski definition) is 6. The van der Waals surface area contributed by atoms with E-state index in [0.717, 1.165) is 6.07 Å². The predicted octanol–water partition coefficient (Wildman–Crippen LogP) is 3.60. The van der Waals surface area contributed by atoms with Crippen molar-refractivity contribution in [2.24, 2.45) is 0 Å². The van der Waals surface area contributed by atoms with Gasteiger partial charge in [0.05, 0.1) is 25.8 Å². The highest BCUT2D eigenvalue weighted by Crippen LogP contribution is 2.38. The first-order chi connectivity index (χ1) is 9.92. The quantitative estimate of drug-likeness (QED) is 0.425. The van der Waals surface area contributed by atoms with E-state index in [-0.39, 0.29) is 28.6 Å². The van der Waals surface area contributed by atoms with Crippen molar-refractivity contribution >= 4 is 49.9 Å². The maximum Gasteiger partial charge on any atom is 0.314 e. The summed E-state index contributed by atoms with van der Waals surface area (Å²) in [7, 11) is 0. The molecule has 1 aromatic heterocycles. The number of nitrogens with two attached hydrogens (primary N) is 1. The van der Waals surface area contributed by atoms with Gasteiger partial charge in [-0.3, -0.25) is 10.1 Å². The lowest BCUT2D eigenvalue weighted by molar-refractivity contribution is -0.385. The lowest BCUT2D eigenvalue weighted by Crippen LogP contribution is -2.00. The maximum absolute atomic E-state index is 11.1. The Bertz CT molecular complexity index is 776. The van der Waals surface area contributed by atoms with Gasteiger partial charge >= 0.3 is 5.69 Å². The number of ether oxygens (including phenoxy) is 1. The van der Waals surface area contributed by atoms with Gasteiger partial charge in [0, 0.05) is 16.7 Å². The third-order valence-electron chi connectivity index (χ3n) is 2.39. The summed E-state index contributed by atoms with van der Waals surface area (Å²) in [6, 6.07) is 6.07. The monoisotopic (exact) mass is 460 g/mol. The van der Waals surface area contributed by atoms with Crippen LogP contribution in [0.2, 0.25) is 0 Å². The molecule has 2 rings (SSSR count). The number of anilines is 1. The van der Waals surface area contributed by atoms with Gasteiger partial charge in [-0.1, -0.05) is 0 Å². The molecule has 0 fully saturated rings. The number of pyridine rings is 1. The van der Waals surface area contributed by atoms with Crippen molar-refractivity contribution in [3.63, 3.8) is 0 Å². The number of benzene rings is 1. The van der Waals surface area contributed by atoms with Crippen LogP contribution < -0.4 is 10.5 Å². The van der Waals surface area contributed by atoms with E-state index in [2.05, 4.69) is 20.9 Å². The van der Waals surface area contributed by atoms with Crippen LogP contribution in [0.5, 0.6) is 11.6 Å². The molecule has 0 saturated heterocycles. The normalized spacial score (nSPS) is 9.95. The SMILES string of the molecule is N#Cc1cc(I)c(Oc2ncc(Br)cc2N)c([N+](=O)[O-])c1. The number of rotatable bonds is 3. The third-order valence-corrected chi connectivity index (χ3v) is 3.63. The summed E-state index contributed by atoms with van der Waals surface area (Å²) in [5.74, 6) is 0.0602. The molecule has 7 nitrogen and oxygen atoms in total. The van der Waals surface area contributed by atoms with Gasteiger partial charge in [0.25, 0.3) is 0 Å². The lowest BCUT2D eigenvalue weighted by Gasteiger charge is -2.09. The van der Waals surface area contributed by atoms with E-state index in [4.69, 9.17) is 15.7 Å². The molecule has 0 bridgehead atoms. The fourth-order valence-electron chi connectivity index (χ4n) is 1.50. The molecule has 0 unspecified atom stereocenters. The molecule has 2 N–H and O–H groups in total. The molecule has 0 radical (unpaired) electrons. The summed E-state index contributed by atoms with van der Waals surface area (Å²) in [5.41, 5.74) is 5.85. The Kier molecular flexibility index (Phi) is 4.59. The number of halogens is 2. The minimum Gasteiger partial charge on any atom is -0.429 e. The van der Waals surface area contributed by atoms with Crippen molar-refractivity contribution in [2.75, 3.05) is 5.73 Å². The molecule has 0 saturated carbocycles. The highest BCUT2D eigenvalue weighted by atomic mass is 127. The molecule has 1 aromatic carbocycles. The molecule has 0 aliphatic heterocycles. The summed E-state index contributed by atoms with van der Waals surface area (Å²) < 4.78 is 6.55. The molecule has 106 valence electrons. The summed E-state index contributed by atoms with van der Waals surface area (Å²) in [6.45, 7) is 0. The van der Waals surface area contributed by atoms with Gasteiger partial charge in [0.1, 0.15) is 0 Å². The van der Waals surface area contributed by atoms with Crippen LogP contribution >= 0.6 is 38.5 Å². The average Bonchev–Trinajstić information content (AvgIpc) is 2.42. The Labute approximate surface area is 141 Å². The van der Waals surface area contributed by atoms with Crippen molar-refractivity contribution < 1.29 is 9.66 Å². The fraction of sp³-hybridized carbons (Fsp3) is 0. The Morgan fingerprint density at radius 2 is 2.19 bits per heavy atom. The zero-order valence-electron chi connectivity index (χ0n) is 10.2. The second-order valence-electron chi connectivity index (χ2n) is 3.83. The van der Waals surface area contributed by atoms with Crippen molar-refractivity contribution in [3.05, 3.63) is 48.1 Å². The minimum atomic E-state index is -0.618. The highest BCUT2D eigenvalue weighted by Gasteiger charge is 2.22. The Balaban J connectivity index is 2.53. The lowest BCUT2D eigenvalue weighted by atomic mass is 10.2. The largest absolute Gasteiger partial charge is 0.429 e. The highest BCUT2D eigenvalue weighted by molar-refractivity contribution is 14.1. The summed E-state index contributed by atoms with van der Waals surface area (Å²) in [6.07, 6.45) is 1.47. The van der Waals surface area contributed by atoms with E-state index in [1.165, 1.54) is 12.3 Å². The van der Waals surface area contributed by atoms with E-state index >= 15 is 0 Å². The van der Waals surface area contributed by atoms with Gasteiger partial charge in [-0.15, -0.1) is 0 Å². The van der Waals surface area contributed by atoms with Gasteiger partial charge < -0.3 is 10.5 Å².